The molecule has 0 aromatic rings. The Labute approximate surface area is 468 Å². The van der Waals surface area contributed by atoms with Crippen molar-refractivity contribution in [3.63, 3.8) is 0 Å². The summed E-state index contributed by atoms with van der Waals surface area (Å²) in [6.45, 7) is 6.31. The van der Waals surface area contributed by atoms with Gasteiger partial charge in [-0.3, -0.25) is 14.4 Å². The van der Waals surface area contributed by atoms with Crippen LogP contribution in [0.5, 0.6) is 0 Å². The second-order valence-corrected chi connectivity index (χ2v) is 20.2. The predicted molar refractivity (Wildman–Crippen MR) is 329 cm³/mol. The van der Waals surface area contributed by atoms with Crippen molar-refractivity contribution in [3.8, 4) is 0 Å². The van der Waals surface area contributed by atoms with Gasteiger partial charge in [0.15, 0.2) is 6.10 Å². The van der Waals surface area contributed by atoms with Crippen LogP contribution in [0.2, 0.25) is 0 Å². The van der Waals surface area contributed by atoms with Crippen LogP contribution < -0.4 is 0 Å². The fourth-order valence-corrected chi connectivity index (χ4v) is 8.26. The van der Waals surface area contributed by atoms with E-state index in [9.17, 15) is 14.4 Å². The number of carbonyl (C=O) groups excluding carboxylic acids is 3. The molecule has 0 fully saturated rings. The van der Waals surface area contributed by atoms with Crippen LogP contribution in [0.4, 0.5) is 0 Å². The molecule has 1 atom stereocenters. The lowest BCUT2D eigenvalue weighted by Gasteiger charge is -2.18. The number of ether oxygens (including phenoxy) is 3. The number of hydrogen-bond acceptors (Lipinski definition) is 6. The van der Waals surface area contributed by atoms with Crippen LogP contribution in [-0.2, 0) is 28.6 Å². The minimum atomic E-state index is -0.809. The minimum Gasteiger partial charge on any atom is -0.462 e. The molecule has 0 N–H and O–H groups in total. The summed E-state index contributed by atoms with van der Waals surface area (Å²) < 4.78 is 16.8. The van der Waals surface area contributed by atoms with E-state index >= 15 is 0 Å². The van der Waals surface area contributed by atoms with E-state index in [1.54, 1.807) is 0 Å². The second-order valence-electron chi connectivity index (χ2n) is 20.2. The van der Waals surface area contributed by atoms with Gasteiger partial charge in [0.25, 0.3) is 0 Å². The largest absolute Gasteiger partial charge is 0.462 e. The second kappa shape index (κ2) is 63.1. The first kappa shape index (κ1) is 71.5. The average Bonchev–Trinajstić information content (AvgIpc) is 3.42. The van der Waals surface area contributed by atoms with Crippen LogP contribution in [0.1, 0.15) is 271 Å². The third kappa shape index (κ3) is 60.4. The smallest absolute Gasteiger partial charge is 0.306 e. The SMILES string of the molecule is CC/C=C\C/C=C\C/C=C\C/C=C\C/C=C\C/C=C\CCCCC(=O)OC(COC(=O)CCCCCCC/C=C\CCC)COC(=O)CCCCCCCCCCCCCCCC/C=C\C/C=C\C/C=C\C/C=C\CC. The summed E-state index contributed by atoms with van der Waals surface area (Å²) in [7, 11) is 0. The van der Waals surface area contributed by atoms with Gasteiger partial charge in [-0.05, 0) is 128 Å². The summed E-state index contributed by atoms with van der Waals surface area (Å²) in [6, 6.07) is 0. The van der Waals surface area contributed by atoms with E-state index in [1.165, 1.54) is 89.9 Å². The topological polar surface area (TPSA) is 78.9 Å². The standard InChI is InChI=1S/C70H114O6/c1-4-7-10-13-16-19-22-24-26-28-30-32-33-34-35-36-37-39-40-42-44-46-48-51-54-57-60-63-69(72)75-66-67(65-74-68(71)62-59-56-53-50-21-18-15-12-9-6-3)76-70(73)64-61-58-55-52-49-47-45-43-41-38-31-29-27-25-23-20-17-14-11-8-5-2/h7-8,10-12,15-17,19-20,24-27,30-32,38,43,45,49,52,67H,4-6,9,13-14,18,21-23,28-29,33-37,39-42,44,46-48,50-51,53-66H2,1-3H3/b10-7-,11-8-,15-12-,19-16-,20-17-,26-24-,27-25-,32-30-,38-31-,45-43-,52-49-. The molecule has 0 aliphatic carbocycles. The van der Waals surface area contributed by atoms with Gasteiger partial charge < -0.3 is 14.2 Å². The quantitative estimate of drug-likeness (QED) is 0.0261. The van der Waals surface area contributed by atoms with Crippen molar-refractivity contribution in [2.24, 2.45) is 0 Å². The molecule has 0 saturated carbocycles. The summed E-state index contributed by atoms with van der Waals surface area (Å²) in [4.78, 5) is 38.2. The Balaban J connectivity index is 4.31. The van der Waals surface area contributed by atoms with Crippen molar-refractivity contribution in [2.75, 3.05) is 13.2 Å². The molecule has 0 aliphatic rings. The Hall–Kier alpha value is -4.45. The zero-order valence-corrected chi connectivity index (χ0v) is 49.2. The van der Waals surface area contributed by atoms with E-state index in [1.807, 2.05) is 0 Å². The Morgan fingerprint density at radius 2 is 0.513 bits per heavy atom. The van der Waals surface area contributed by atoms with E-state index in [2.05, 4.69) is 154 Å². The zero-order valence-electron chi connectivity index (χ0n) is 49.2. The van der Waals surface area contributed by atoms with Crippen molar-refractivity contribution in [3.05, 3.63) is 134 Å². The highest BCUT2D eigenvalue weighted by atomic mass is 16.6. The Kier molecular flexibility index (Phi) is 59.4. The highest BCUT2D eigenvalue weighted by Crippen LogP contribution is 2.15. The van der Waals surface area contributed by atoms with E-state index in [0.717, 1.165) is 135 Å². The van der Waals surface area contributed by atoms with Gasteiger partial charge in [0, 0.05) is 19.3 Å². The van der Waals surface area contributed by atoms with Gasteiger partial charge in [-0.1, -0.05) is 257 Å². The number of allylic oxidation sites excluding steroid dienone is 22. The van der Waals surface area contributed by atoms with E-state index in [-0.39, 0.29) is 37.5 Å². The van der Waals surface area contributed by atoms with Gasteiger partial charge in [-0.2, -0.15) is 0 Å². The van der Waals surface area contributed by atoms with E-state index < -0.39 is 6.10 Å². The fourth-order valence-electron chi connectivity index (χ4n) is 8.26. The van der Waals surface area contributed by atoms with Gasteiger partial charge in [-0.25, -0.2) is 0 Å². The summed E-state index contributed by atoms with van der Waals surface area (Å²) >= 11 is 0. The van der Waals surface area contributed by atoms with Crippen LogP contribution in [0.3, 0.4) is 0 Å². The van der Waals surface area contributed by atoms with Gasteiger partial charge in [0.2, 0.25) is 0 Å². The maximum Gasteiger partial charge on any atom is 0.306 e. The van der Waals surface area contributed by atoms with Gasteiger partial charge >= 0.3 is 17.9 Å². The minimum absolute atomic E-state index is 0.101. The molecular formula is C70H114O6. The number of unbranched alkanes of at least 4 members (excludes halogenated alkanes) is 22. The normalized spacial score (nSPS) is 13.0. The first-order chi connectivity index (χ1) is 37.5. The Bertz CT molecular complexity index is 1630. The molecule has 0 aliphatic heterocycles. The molecule has 0 spiro atoms. The van der Waals surface area contributed by atoms with Crippen molar-refractivity contribution >= 4 is 17.9 Å². The molecule has 1 unspecified atom stereocenters. The number of esters is 3. The molecule has 0 saturated heterocycles. The third-order valence-corrected chi connectivity index (χ3v) is 12.9. The summed E-state index contributed by atoms with van der Waals surface area (Å²) in [5.41, 5.74) is 0. The first-order valence-corrected chi connectivity index (χ1v) is 31.2. The molecule has 76 heavy (non-hydrogen) atoms. The molecule has 0 aromatic heterocycles. The van der Waals surface area contributed by atoms with Crippen molar-refractivity contribution < 1.29 is 28.6 Å². The Morgan fingerprint density at radius 1 is 0.276 bits per heavy atom. The lowest BCUT2D eigenvalue weighted by Crippen LogP contribution is -2.30. The van der Waals surface area contributed by atoms with Crippen molar-refractivity contribution in [1.29, 1.82) is 0 Å². The first-order valence-electron chi connectivity index (χ1n) is 31.2. The lowest BCUT2D eigenvalue weighted by atomic mass is 10.0. The van der Waals surface area contributed by atoms with Crippen LogP contribution in [0.25, 0.3) is 0 Å². The van der Waals surface area contributed by atoms with E-state index in [4.69, 9.17) is 14.2 Å². The van der Waals surface area contributed by atoms with Crippen LogP contribution in [0, 0.1) is 0 Å². The molecule has 430 valence electrons. The highest BCUT2D eigenvalue weighted by Gasteiger charge is 2.19. The van der Waals surface area contributed by atoms with Crippen LogP contribution >= 0.6 is 0 Å². The van der Waals surface area contributed by atoms with Gasteiger partial charge in [0.05, 0.1) is 0 Å². The Morgan fingerprint density at radius 3 is 0.842 bits per heavy atom. The molecule has 0 aromatic carbocycles. The zero-order chi connectivity index (χ0) is 55.0. The summed E-state index contributed by atoms with van der Waals surface area (Å²) in [6.07, 6.45) is 89.0. The van der Waals surface area contributed by atoms with E-state index in [0.29, 0.717) is 19.3 Å². The van der Waals surface area contributed by atoms with Gasteiger partial charge in [-0.15, -0.1) is 0 Å². The maximum absolute atomic E-state index is 12.9. The van der Waals surface area contributed by atoms with Crippen LogP contribution in [0.15, 0.2) is 134 Å². The number of hydrogen-bond donors (Lipinski definition) is 0. The third-order valence-electron chi connectivity index (χ3n) is 12.9. The number of rotatable bonds is 55. The average molecular weight is 1050 g/mol. The maximum atomic E-state index is 12.9. The number of carbonyl (C=O) groups is 3. The fraction of sp³-hybridized carbons (Fsp3) is 0.643. The molecule has 6 heteroatoms. The van der Waals surface area contributed by atoms with Crippen molar-refractivity contribution in [2.45, 2.75) is 277 Å². The molecular weight excluding hydrogens is 937 g/mol. The van der Waals surface area contributed by atoms with Crippen molar-refractivity contribution in [1.82, 2.24) is 0 Å². The van der Waals surface area contributed by atoms with Crippen LogP contribution in [-0.4, -0.2) is 37.2 Å². The molecule has 0 rings (SSSR count). The predicted octanol–water partition coefficient (Wildman–Crippen LogP) is 21.4. The summed E-state index contributed by atoms with van der Waals surface area (Å²) in [5.74, 6) is -0.957. The lowest BCUT2D eigenvalue weighted by molar-refractivity contribution is -0.167. The molecule has 0 amide bonds. The molecule has 0 radical (unpaired) electrons. The molecule has 0 heterocycles. The molecule has 6 nitrogen and oxygen atoms in total. The van der Waals surface area contributed by atoms with Gasteiger partial charge in [0.1, 0.15) is 13.2 Å². The monoisotopic (exact) mass is 1050 g/mol. The molecule has 0 bridgehead atoms. The summed E-state index contributed by atoms with van der Waals surface area (Å²) in [5, 5.41) is 0. The highest BCUT2D eigenvalue weighted by molar-refractivity contribution is 5.71.